The Morgan fingerprint density at radius 1 is 1.50 bits per heavy atom. The smallest absolute Gasteiger partial charge is 0.157 e. The third-order valence-corrected chi connectivity index (χ3v) is 1.92. The van der Waals surface area contributed by atoms with Crippen LogP contribution < -0.4 is 5.32 Å². The van der Waals surface area contributed by atoms with Gasteiger partial charge >= 0.3 is 0 Å². The van der Waals surface area contributed by atoms with Crippen molar-refractivity contribution in [2.75, 3.05) is 18.5 Å². The van der Waals surface area contributed by atoms with E-state index < -0.39 is 6.67 Å². The Labute approximate surface area is 80.8 Å². The van der Waals surface area contributed by atoms with Crippen LogP contribution >= 0.6 is 0 Å². The highest BCUT2D eigenvalue weighted by Crippen LogP contribution is 2.12. The van der Waals surface area contributed by atoms with E-state index in [2.05, 4.69) is 15.4 Å². The van der Waals surface area contributed by atoms with E-state index in [1.807, 2.05) is 19.1 Å². The fourth-order valence-corrected chi connectivity index (χ4v) is 1.36. The minimum Gasteiger partial charge on any atom is -0.367 e. The van der Waals surface area contributed by atoms with Crippen LogP contribution in [0.4, 0.5) is 10.2 Å². The highest BCUT2D eigenvalue weighted by Gasteiger charge is 2.02. The highest BCUT2D eigenvalue weighted by atomic mass is 19.1. The van der Waals surface area contributed by atoms with Crippen LogP contribution in [0.25, 0.3) is 5.65 Å². The van der Waals surface area contributed by atoms with E-state index in [4.69, 9.17) is 0 Å². The molecule has 2 aromatic rings. The molecule has 2 aromatic heterocycles. The monoisotopic (exact) mass is 194 g/mol. The molecule has 0 saturated carbocycles. The van der Waals surface area contributed by atoms with Gasteiger partial charge in [-0.15, -0.1) is 0 Å². The Morgan fingerprint density at radius 2 is 2.36 bits per heavy atom. The zero-order valence-electron chi connectivity index (χ0n) is 7.87. The molecule has 2 heterocycles. The number of fused-ring (bicyclic) bond motifs is 1. The molecule has 5 heteroatoms. The van der Waals surface area contributed by atoms with Gasteiger partial charge in [0.25, 0.3) is 0 Å². The normalized spacial score (nSPS) is 10.7. The summed E-state index contributed by atoms with van der Waals surface area (Å²) in [6, 6.07) is 3.84. The van der Waals surface area contributed by atoms with Crippen molar-refractivity contribution in [3.63, 3.8) is 0 Å². The van der Waals surface area contributed by atoms with Crippen LogP contribution in [0.15, 0.2) is 18.5 Å². The number of nitrogens with zero attached hydrogens (tertiary/aromatic N) is 3. The molecule has 0 aliphatic carbocycles. The fraction of sp³-hybridized carbons (Fsp3) is 0.333. The molecule has 0 unspecified atom stereocenters. The topological polar surface area (TPSA) is 42.2 Å². The number of aryl methyl sites for hydroxylation is 1. The van der Waals surface area contributed by atoms with Crippen molar-refractivity contribution in [1.29, 1.82) is 0 Å². The van der Waals surface area contributed by atoms with Crippen LogP contribution in [0, 0.1) is 6.92 Å². The van der Waals surface area contributed by atoms with E-state index in [9.17, 15) is 4.39 Å². The number of hydrogen-bond donors (Lipinski definition) is 1. The summed E-state index contributed by atoms with van der Waals surface area (Å²) in [6.07, 6.45) is 1.48. The molecule has 0 aromatic carbocycles. The number of halogens is 1. The Morgan fingerprint density at radius 3 is 3.14 bits per heavy atom. The summed E-state index contributed by atoms with van der Waals surface area (Å²) in [7, 11) is 0. The Balaban J connectivity index is 2.44. The molecule has 4 nitrogen and oxygen atoms in total. The van der Waals surface area contributed by atoms with Gasteiger partial charge in [-0.2, -0.15) is 9.61 Å². The van der Waals surface area contributed by atoms with Gasteiger partial charge < -0.3 is 5.32 Å². The Bertz CT molecular complexity index is 437. The molecule has 0 radical (unpaired) electrons. The van der Waals surface area contributed by atoms with Crippen molar-refractivity contribution in [1.82, 2.24) is 14.6 Å². The summed E-state index contributed by atoms with van der Waals surface area (Å²) in [6.45, 7) is 1.86. The molecule has 0 fully saturated rings. The summed E-state index contributed by atoms with van der Waals surface area (Å²) in [4.78, 5) is 4.07. The summed E-state index contributed by atoms with van der Waals surface area (Å²) >= 11 is 0. The maximum atomic E-state index is 12.0. The Hall–Kier alpha value is -1.65. The lowest BCUT2D eigenvalue weighted by atomic mass is 10.3. The second kappa shape index (κ2) is 3.61. The molecule has 2 rings (SSSR count). The first-order valence-corrected chi connectivity index (χ1v) is 4.41. The maximum Gasteiger partial charge on any atom is 0.157 e. The molecule has 1 N–H and O–H groups in total. The second-order valence-electron chi connectivity index (χ2n) is 3.06. The number of rotatable bonds is 3. The van der Waals surface area contributed by atoms with E-state index >= 15 is 0 Å². The third-order valence-electron chi connectivity index (χ3n) is 1.92. The van der Waals surface area contributed by atoms with E-state index in [1.165, 1.54) is 6.33 Å². The van der Waals surface area contributed by atoms with Gasteiger partial charge in [-0.1, -0.05) is 0 Å². The first kappa shape index (κ1) is 8.93. The quantitative estimate of drug-likeness (QED) is 0.803. The van der Waals surface area contributed by atoms with Crippen molar-refractivity contribution in [2.45, 2.75) is 6.92 Å². The molecule has 0 aliphatic rings. The lowest BCUT2D eigenvalue weighted by Crippen LogP contribution is -2.08. The molecule has 0 spiro atoms. The van der Waals surface area contributed by atoms with Crippen LogP contribution in [-0.4, -0.2) is 27.8 Å². The van der Waals surface area contributed by atoms with Crippen molar-refractivity contribution in [3.8, 4) is 0 Å². The van der Waals surface area contributed by atoms with Gasteiger partial charge in [0, 0.05) is 6.54 Å². The fourth-order valence-electron chi connectivity index (χ4n) is 1.36. The predicted molar refractivity (Wildman–Crippen MR) is 52.2 cm³/mol. The molecule has 0 aliphatic heterocycles. The van der Waals surface area contributed by atoms with Crippen LogP contribution in [0.5, 0.6) is 0 Å². The third kappa shape index (κ3) is 1.53. The second-order valence-corrected chi connectivity index (χ2v) is 3.06. The molecular formula is C9H11FN4. The number of nitrogens with one attached hydrogen (secondary N) is 1. The van der Waals surface area contributed by atoms with Crippen molar-refractivity contribution in [2.24, 2.45) is 0 Å². The van der Waals surface area contributed by atoms with Crippen LogP contribution in [0.3, 0.4) is 0 Å². The average molecular weight is 194 g/mol. The SMILES string of the molecule is Cc1cc(NCCF)n2ncnc2c1. The van der Waals surface area contributed by atoms with Gasteiger partial charge in [0.2, 0.25) is 0 Å². The number of pyridine rings is 1. The molecular weight excluding hydrogens is 183 g/mol. The van der Waals surface area contributed by atoms with Crippen LogP contribution in [0.2, 0.25) is 0 Å². The maximum absolute atomic E-state index is 12.0. The van der Waals surface area contributed by atoms with E-state index in [1.54, 1.807) is 4.52 Å². The van der Waals surface area contributed by atoms with Crippen molar-refractivity contribution >= 4 is 11.5 Å². The number of anilines is 1. The van der Waals surface area contributed by atoms with Crippen LogP contribution in [-0.2, 0) is 0 Å². The lowest BCUT2D eigenvalue weighted by molar-refractivity contribution is 0.512. The Kier molecular flexibility index (Phi) is 2.30. The highest BCUT2D eigenvalue weighted by molar-refractivity contribution is 5.51. The molecule has 0 bridgehead atoms. The number of aromatic nitrogens is 3. The van der Waals surface area contributed by atoms with Gasteiger partial charge in [-0.3, -0.25) is 0 Å². The molecule has 0 amide bonds. The minimum atomic E-state index is -0.399. The largest absolute Gasteiger partial charge is 0.367 e. The first-order chi connectivity index (χ1) is 6.81. The summed E-state index contributed by atoms with van der Waals surface area (Å²) in [5.74, 6) is 0.773. The van der Waals surface area contributed by atoms with Gasteiger partial charge in [-0.05, 0) is 24.6 Å². The zero-order valence-corrected chi connectivity index (χ0v) is 7.87. The van der Waals surface area contributed by atoms with Crippen molar-refractivity contribution < 1.29 is 4.39 Å². The number of alkyl halides is 1. The summed E-state index contributed by atoms with van der Waals surface area (Å²) in [5, 5.41) is 6.98. The number of hydrogen-bond acceptors (Lipinski definition) is 3. The average Bonchev–Trinajstić information content (AvgIpc) is 2.61. The first-order valence-electron chi connectivity index (χ1n) is 4.41. The van der Waals surface area contributed by atoms with Crippen LogP contribution in [0.1, 0.15) is 5.56 Å². The molecule has 0 saturated heterocycles. The predicted octanol–water partition coefficient (Wildman–Crippen LogP) is 1.42. The van der Waals surface area contributed by atoms with Gasteiger partial charge in [-0.25, -0.2) is 9.37 Å². The molecule has 0 atom stereocenters. The van der Waals surface area contributed by atoms with Crippen molar-refractivity contribution in [3.05, 3.63) is 24.0 Å². The van der Waals surface area contributed by atoms with Gasteiger partial charge in [0.05, 0.1) is 0 Å². The zero-order chi connectivity index (χ0) is 9.97. The van der Waals surface area contributed by atoms with E-state index in [-0.39, 0.29) is 0 Å². The summed E-state index contributed by atoms with van der Waals surface area (Å²) < 4.78 is 13.7. The van der Waals surface area contributed by atoms with E-state index in [0.29, 0.717) is 6.54 Å². The molecule has 14 heavy (non-hydrogen) atoms. The van der Waals surface area contributed by atoms with E-state index in [0.717, 1.165) is 17.0 Å². The lowest BCUT2D eigenvalue weighted by Gasteiger charge is -2.06. The standard InChI is InChI=1S/C9H11FN4/c1-7-4-8(11-3-2-10)14-9(5-7)12-6-13-14/h4-6,11H,2-3H2,1H3. The summed E-state index contributed by atoms with van der Waals surface area (Å²) in [5.41, 5.74) is 1.85. The van der Waals surface area contributed by atoms with Gasteiger partial charge in [0.1, 0.15) is 18.8 Å². The minimum absolute atomic E-state index is 0.290. The van der Waals surface area contributed by atoms with Gasteiger partial charge in [0.15, 0.2) is 5.65 Å². The molecule has 74 valence electrons.